The molecule has 1 rings (SSSR count). The Kier molecular flexibility index (Phi) is 6.82. The molecule has 0 saturated carbocycles. The first-order chi connectivity index (χ1) is 8.90. The summed E-state index contributed by atoms with van der Waals surface area (Å²) >= 11 is 0. The van der Waals surface area contributed by atoms with Crippen molar-refractivity contribution in [2.75, 3.05) is 13.1 Å². The van der Waals surface area contributed by atoms with Crippen LogP contribution < -0.4 is 5.32 Å². The van der Waals surface area contributed by atoms with E-state index >= 15 is 0 Å². The van der Waals surface area contributed by atoms with Gasteiger partial charge in [-0.15, -0.1) is 0 Å². The first-order valence-electron chi connectivity index (χ1n) is 8.39. The van der Waals surface area contributed by atoms with Crippen molar-refractivity contribution in [2.24, 2.45) is 5.41 Å². The summed E-state index contributed by atoms with van der Waals surface area (Å²) < 4.78 is 0. The zero-order valence-corrected chi connectivity index (χ0v) is 14.1. The average molecular weight is 268 g/mol. The Morgan fingerprint density at radius 2 is 1.89 bits per heavy atom. The fraction of sp³-hybridized carbons (Fsp3) is 1.00. The van der Waals surface area contributed by atoms with Gasteiger partial charge in [0.1, 0.15) is 0 Å². The van der Waals surface area contributed by atoms with Gasteiger partial charge in [0.25, 0.3) is 0 Å². The van der Waals surface area contributed by atoms with E-state index in [1.165, 1.54) is 38.6 Å². The van der Waals surface area contributed by atoms with Gasteiger partial charge in [0.15, 0.2) is 0 Å². The van der Waals surface area contributed by atoms with Crippen molar-refractivity contribution < 1.29 is 0 Å². The van der Waals surface area contributed by atoms with Gasteiger partial charge >= 0.3 is 0 Å². The van der Waals surface area contributed by atoms with Gasteiger partial charge in [-0.1, -0.05) is 34.6 Å². The molecule has 0 amide bonds. The number of nitrogens with one attached hydrogen (secondary N) is 1. The second-order valence-corrected chi connectivity index (χ2v) is 7.39. The average Bonchev–Trinajstić information content (AvgIpc) is 2.68. The van der Waals surface area contributed by atoms with Crippen LogP contribution in [0.15, 0.2) is 0 Å². The predicted molar refractivity (Wildman–Crippen MR) is 85.6 cm³/mol. The summed E-state index contributed by atoms with van der Waals surface area (Å²) in [5, 5.41) is 3.75. The third kappa shape index (κ3) is 5.07. The largest absolute Gasteiger partial charge is 0.313 e. The Bertz CT molecular complexity index is 244. The Labute approximate surface area is 121 Å². The minimum atomic E-state index is 0.361. The molecule has 0 radical (unpaired) electrons. The molecule has 1 N–H and O–H groups in total. The molecule has 2 heteroatoms. The number of hydrogen-bond acceptors (Lipinski definition) is 2. The van der Waals surface area contributed by atoms with E-state index in [1.54, 1.807) is 0 Å². The first kappa shape index (κ1) is 17.0. The lowest BCUT2D eigenvalue weighted by Gasteiger charge is -2.35. The second kappa shape index (κ2) is 7.64. The molecule has 0 aliphatic carbocycles. The van der Waals surface area contributed by atoms with E-state index in [0.717, 1.165) is 18.6 Å². The van der Waals surface area contributed by atoms with Crippen molar-refractivity contribution in [3.8, 4) is 0 Å². The van der Waals surface area contributed by atoms with Crippen LogP contribution in [0.5, 0.6) is 0 Å². The van der Waals surface area contributed by atoms with Gasteiger partial charge in [-0.3, -0.25) is 4.90 Å². The quantitative estimate of drug-likeness (QED) is 0.749. The maximum absolute atomic E-state index is 3.75. The van der Waals surface area contributed by atoms with Crippen LogP contribution in [0.1, 0.15) is 73.6 Å². The molecule has 19 heavy (non-hydrogen) atoms. The van der Waals surface area contributed by atoms with Gasteiger partial charge in [0.2, 0.25) is 0 Å². The molecule has 3 atom stereocenters. The van der Waals surface area contributed by atoms with Crippen molar-refractivity contribution in [3.05, 3.63) is 0 Å². The predicted octanol–water partition coefficient (Wildman–Crippen LogP) is 4.05. The van der Waals surface area contributed by atoms with Crippen molar-refractivity contribution in [1.29, 1.82) is 0 Å². The molecule has 0 aromatic rings. The lowest BCUT2D eigenvalue weighted by atomic mass is 9.84. The van der Waals surface area contributed by atoms with E-state index < -0.39 is 0 Å². The maximum atomic E-state index is 3.75. The minimum Gasteiger partial charge on any atom is -0.313 e. The van der Waals surface area contributed by atoms with Crippen LogP contribution in [0, 0.1) is 5.41 Å². The maximum Gasteiger partial charge on any atom is 0.0128 e. The van der Waals surface area contributed by atoms with Crippen molar-refractivity contribution in [1.82, 2.24) is 10.2 Å². The minimum absolute atomic E-state index is 0.361. The molecule has 1 heterocycles. The molecular formula is C17H36N2. The van der Waals surface area contributed by atoms with E-state index in [9.17, 15) is 0 Å². The van der Waals surface area contributed by atoms with Gasteiger partial charge in [0.05, 0.1) is 0 Å². The van der Waals surface area contributed by atoms with Crippen LogP contribution >= 0.6 is 0 Å². The van der Waals surface area contributed by atoms with E-state index in [2.05, 4.69) is 51.8 Å². The van der Waals surface area contributed by atoms with Crippen LogP contribution in [-0.4, -0.2) is 36.1 Å². The summed E-state index contributed by atoms with van der Waals surface area (Å²) in [6.07, 6.45) is 6.61. The van der Waals surface area contributed by atoms with Crippen LogP contribution in [-0.2, 0) is 0 Å². The van der Waals surface area contributed by atoms with E-state index in [0.29, 0.717) is 11.5 Å². The Morgan fingerprint density at radius 3 is 2.42 bits per heavy atom. The molecule has 1 saturated heterocycles. The molecule has 0 aromatic carbocycles. The van der Waals surface area contributed by atoms with Gasteiger partial charge in [-0.05, 0) is 51.0 Å². The van der Waals surface area contributed by atoms with Gasteiger partial charge in [-0.25, -0.2) is 0 Å². The molecule has 3 unspecified atom stereocenters. The fourth-order valence-electron chi connectivity index (χ4n) is 3.40. The van der Waals surface area contributed by atoms with Gasteiger partial charge in [0, 0.05) is 24.7 Å². The van der Waals surface area contributed by atoms with Crippen LogP contribution in [0.25, 0.3) is 0 Å². The van der Waals surface area contributed by atoms with Gasteiger partial charge < -0.3 is 5.32 Å². The zero-order valence-electron chi connectivity index (χ0n) is 14.1. The topological polar surface area (TPSA) is 15.3 Å². The molecule has 114 valence electrons. The number of hydrogen-bond donors (Lipinski definition) is 1. The first-order valence-corrected chi connectivity index (χ1v) is 8.39. The number of rotatable bonds is 7. The van der Waals surface area contributed by atoms with Gasteiger partial charge in [-0.2, -0.15) is 0 Å². The number of nitrogens with zero attached hydrogens (tertiary/aromatic N) is 1. The van der Waals surface area contributed by atoms with Crippen molar-refractivity contribution in [2.45, 2.75) is 91.8 Å². The Morgan fingerprint density at radius 1 is 1.21 bits per heavy atom. The second-order valence-electron chi connectivity index (χ2n) is 7.39. The summed E-state index contributed by atoms with van der Waals surface area (Å²) in [4.78, 5) is 2.76. The van der Waals surface area contributed by atoms with E-state index in [1.807, 2.05) is 0 Å². The number of likely N-dealkylation sites (tertiary alicyclic amines) is 1. The summed E-state index contributed by atoms with van der Waals surface area (Å²) in [5.41, 5.74) is 0.361. The lowest BCUT2D eigenvalue weighted by molar-refractivity contribution is 0.163. The van der Waals surface area contributed by atoms with Crippen LogP contribution in [0.3, 0.4) is 0 Å². The highest BCUT2D eigenvalue weighted by molar-refractivity contribution is 4.87. The SMILES string of the molecule is CCCNC(CCN1C(C)CCC1CC)C(C)(C)C. The molecule has 2 nitrogen and oxygen atoms in total. The third-order valence-electron chi connectivity index (χ3n) is 4.79. The highest BCUT2D eigenvalue weighted by atomic mass is 15.2. The Hall–Kier alpha value is -0.0800. The summed E-state index contributed by atoms with van der Waals surface area (Å²) in [5.74, 6) is 0. The highest BCUT2D eigenvalue weighted by Crippen LogP contribution is 2.28. The Balaban J connectivity index is 2.50. The lowest BCUT2D eigenvalue weighted by Crippen LogP contribution is -2.44. The monoisotopic (exact) mass is 268 g/mol. The summed E-state index contributed by atoms with van der Waals surface area (Å²) in [6.45, 7) is 16.5. The van der Waals surface area contributed by atoms with Crippen LogP contribution in [0.2, 0.25) is 0 Å². The standard InChI is InChI=1S/C17H36N2/c1-7-12-18-16(17(4,5)6)11-13-19-14(3)9-10-15(19)8-2/h14-16,18H,7-13H2,1-6H3. The highest BCUT2D eigenvalue weighted by Gasteiger charge is 2.31. The van der Waals surface area contributed by atoms with E-state index in [4.69, 9.17) is 0 Å². The molecular weight excluding hydrogens is 232 g/mol. The molecule has 1 fully saturated rings. The van der Waals surface area contributed by atoms with E-state index in [-0.39, 0.29) is 0 Å². The molecule has 1 aliphatic rings. The summed E-state index contributed by atoms with van der Waals surface area (Å²) in [7, 11) is 0. The van der Waals surface area contributed by atoms with Crippen LogP contribution in [0.4, 0.5) is 0 Å². The molecule has 1 aliphatic heterocycles. The smallest absolute Gasteiger partial charge is 0.0128 e. The summed E-state index contributed by atoms with van der Waals surface area (Å²) in [6, 6.07) is 2.26. The fourth-order valence-corrected chi connectivity index (χ4v) is 3.40. The molecule has 0 spiro atoms. The molecule has 0 aromatic heterocycles. The molecule has 0 bridgehead atoms. The van der Waals surface area contributed by atoms with Crippen molar-refractivity contribution in [3.63, 3.8) is 0 Å². The normalized spacial score (nSPS) is 26.8. The van der Waals surface area contributed by atoms with Crippen molar-refractivity contribution >= 4 is 0 Å². The zero-order chi connectivity index (χ0) is 14.5. The third-order valence-corrected chi connectivity index (χ3v) is 4.79.